The molecule has 2 N–H and O–H groups in total. The summed E-state index contributed by atoms with van der Waals surface area (Å²) in [7, 11) is 1.63. The van der Waals surface area contributed by atoms with Crippen molar-refractivity contribution in [3.63, 3.8) is 0 Å². The molecule has 1 heterocycles. The number of hydrogen-bond acceptors (Lipinski definition) is 4. The maximum absolute atomic E-state index is 12.5. The van der Waals surface area contributed by atoms with Gasteiger partial charge in [0, 0.05) is 44.8 Å². The second-order valence-corrected chi connectivity index (χ2v) is 5.11. The molecular weight excluding hydrogens is 254 g/mol. The zero-order valence-electron chi connectivity index (χ0n) is 12.3. The molecule has 1 aromatic carbocycles. The molecule has 0 radical (unpaired) electrons. The Labute approximate surface area is 120 Å². The SMILES string of the molecule is COc1cc(C(=O)N2CCN(CCN)CC2)ccc1C. The van der Waals surface area contributed by atoms with Crippen LogP contribution < -0.4 is 10.5 Å². The third-order valence-electron chi connectivity index (χ3n) is 3.76. The Morgan fingerprint density at radius 2 is 2.00 bits per heavy atom. The Balaban J connectivity index is 2.02. The average molecular weight is 277 g/mol. The van der Waals surface area contributed by atoms with Crippen LogP contribution in [0.1, 0.15) is 15.9 Å². The van der Waals surface area contributed by atoms with Crippen LogP contribution in [0.3, 0.4) is 0 Å². The zero-order chi connectivity index (χ0) is 14.5. The number of hydrogen-bond donors (Lipinski definition) is 1. The van der Waals surface area contributed by atoms with Crippen molar-refractivity contribution in [1.82, 2.24) is 9.80 Å². The largest absolute Gasteiger partial charge is 0.496 e. The minimum atomic E-state index is 0.0794. The van der Waals surface area contributed by atoms with Crippen molar-refractivity contribution in [3.05, 3.63) is 29.3 Å². The number of benzene rings is 1. The van der Waals surface area contributed by atoms with E-state index in [0.29, 0.717) is 12.1 Å². The van der Waals surface area contributed by atoms with Crippen molar-refractivity contribution in [2.75, 3.05) is 46.4 Å². The Morgan fingerprint density at radius 3 is 2.60 bits per heavy atom. The van der Waals surface area contributed by atoms with E-state index in [2.05, 4.69) is 4.90 Å². The molecule has 2 rings (SSSR count). The predicted octanol–water partition coefficient (Wildman–Crippen LogP) is 0.720. The molecule has 1 amide bonds. The number of nitrogens with zero attached hydrogens (tertiary/aromatic N) is 2. The number of nitrogens with two attached hydrogens (primary N) is 1. The van der Waals surface area contributed by atoms with Crippen LogP contribution in [0.15, 0.2) is 18.2 Å². The smallest absolute Gasteiger partial charge is 0.254 e. The van der Waals surface area contributed by atoms with Crippen molar-refractivity contribution in [2.24, 2.45) is 5.73 Å². The Hall–Kier alpha value is -1.59. The Kier molecular flexibility index (Phi) is 4.98. The lowest BCUT2D eigenvalue weighted by molar-refractivity contribution is 0.0640. The summed E-state index contributed by atoms with van der Waals surface area (Å²) in [5.41, 5.74) is 7.29. The lowest BCUT2D eigenvalue weighted by Crippen LogP contribution is -2.49. The molecule has 20 heavy (non-hydrogen) atoms. The second-order valence-electron chi connectivity index (χ2n) is 5.11. The van der Waals surface area contributed by atoms with Crippen molar-refractivity contribution in [2.45, 2.75) is 6.92 Å². The highest BCUT2D eigenvalue weighted by Crippen LogP contribution is 2.20. The van der Waals surface area contributed by atoms with Crippen LogP contribution in [0, 0.1) is 6.92 Å². The summed E-state index contributed by atoms with van der Waals surface area (Å²) in [6, 6.07) is 5.62. The van der Waals surface area contributed by atoms with Crippen LogP contribution in [-0.2, 0) is 0 Å². The highest BCUT2D eigenvalue weighted by Gasteiger charge is 2.22. The molecular formula is C15H23N3O2. The summed E-state index contributed by atoms with van der Waals surface area (Å²) in [4.78, 5) is 16.7. The topological polar surface area (TPSA) is 58.8 Å². The first-order valence-electron chi connectivity index (χ1n) is 7.02. The fourth-order valence-electron chi connectivity index (χ4n) is 2.49. The van der Waals surface area contributed by atoms with Crippen molar-refractivity contribution in [3.8, 4) is 5.75 Å². The van der Waals surface area contributed by atoms with Crippen molar-refractivity contribution >= 4 is 5.91 Å². The molecule has 110 valence electrons. The zero-order valence-corrected chi connectivity index (χ0v) is 12.3. The van der Waals surface area contributed by atoms with Gasteiger partial charge in [0.15, 0.2) is 0 Å². The number of rotatable bonds is 4. The summed E-state index contributed by atoms with van der Waals surface area (Å²) >= 11 is 0. The van der Waals surface area contributed by atoms with Gasteiger partial charge in [0.2, 0.25) is 0 Å². The van der Waals surface area contributed by atoms with E-state index < -0.39 is 0 Å². The van der Waals surface area contributed by atoms with Gasteiger partial charge in [0.25, 0.3) is 5.91 Å². The molecule has 0 spiro atoms. The van der Waals surface area contributed by atoms with E-state index in [4.69, 9.17) is 10.5 Å². The van der Waals surface area contributed by atoms with Gasteiger partial charge >= 0.3 is 0 Å². The molecule has 0 aromatic heterocycles. The van der Waals surface area contributed by atoms with E-state index in [1.807, 2.05) is 30.0 Å². The summed E-state index contributed by atoms with van der Waals surface area (Å²) < 4.78 is 5.28. The summed E-state index contributed by atoms with van der Waals surface area (Å²) in [5, 5.41) is 0. The molecule has 0 aliphatic carbocycles. The fraction of sp³-hybridized carbons (Fsp3) is 0.533. The van der Waals surface area contributed by atoms with E-state index in [-0.39, 0.29) is 5.91 Å². The van der Waals surface area contributed by atoms with Gasteiger partial charge < -0.3 is 15.4 Å². The van der Waals surface area contributed by atoms with Crippen LogP contribution in [0.5, 0.6) is 5.75 Å². The average Bonchev–Trinajstić information content (AvgIpc) is 2.48. The third-order valence-corrected chi connectivity index (χ3v) is 3.76. The van der Waals surface area contributed by atoms with Crippen LogP contribution in [-0.4, -0.2) is 62.1 Å². The molecule has 1 fully saturated rings. The second kappa shape index (κ2) is 6.72. The van der Waals surface area contributed by atoms with E-state index in [9.17, 15) is 4.79 Å². The first-order chi connectivity index (χ1) is 9.65. The molecule has 1 aliphatic heterocycles. The number of piperazine rings is 1. The summed E-state index contributed by atoms with van der Waals surface area (Å²) in [5.74, 6) is 0.841. The first-order valence-corrected chi connectivity index (χ1v) is 7.02. The van der Waals surface area contributed by atoms with Crippen molar-refractivity contribution < 1.29 is 9.53 Å². The van der Waals surface area contributed by atoms with Gasteiger partial charge in [-0.2, -0.15) is 0 Å². The van der Waals surface area contributed by atoms with Crippen LogP contribution in [0.4, 0.5) is 0 Å². The third kappa shape index (κ3) is 3.29. The van der Waals surface area contributed by atoms with Crippen LogP contribution in [0.2, 0.25) is 0 Å². The maximum Gasteiger partial charge on any atom is 0.254 e. The van der Waals surface area contributed by atoms with Crippen molar-refractivity contribution in [1.29, 1.82) is 0 Å². The molecule has 5 heteroatoms. The van der Waals surface area contributed by atoms with E-state index in [0.717, 1.165) is 44.0 Å². The lowest BCUT2D eigenvalue weighted by atomic mass is 10.1. The van der Waals surface area contributed by atoms with Gasteiger partial charge in [-0.25, -0.2) is 0 Å². The number of ether oxygens (including phenoxy) is 1. The van der Waals surface area contributed by atoms with E-state index in [1.54, 1.807) is 7.11 Å². The molecule has 1 saturated heterocycles. The molecule has 0 atom stereocenters. The number of amides is 1. The minimum Gasteiger partial charge on any atom is -0.496 e. The van der Waals surface area contributed by atoms with Gasteiger partial charge in [0.1, 0.15) is 5.75 Å². The van der Waals surface area contributed by atoms with Crippen LogP contribution in [0.25, 0.3) is 0 Å². The molecule has 5 nitrogen and oxygen atoms in total. The highest BCUT2D eigenvalue weighted by molar-refractivity contribution is 5.94. The monoisotopic (exact) mass is 277 g/mol. The van der Waals surface area contributed by atoms with Crippen LogP contribution >= 0.6 is 0 Å². The molecule has 1 aliphatic rings. The Morgan fingerprint density at radius 1 is 1.30 bits per heavy atom. The summed E-state index contributed by atoms with van der Waals surface area (Å²) in [6.45, 7) is 6.85. The van der Waals surface area contributed by atoms with Gasteiger partial charge in [-0.15, -0.1) is 0 Å². The van der Waals surface area contributed by atoms with E-state index >= 15 is 0 Å². The lowest BCUT2D eigenvalue weighted by Gasteiger charge is -2.34. The quantitative estimate of drug-likeness (QED) is 0.881. The molecule has 0 bridgehead atoms. The van der Waals surface area contributed by atoms with Gasteiger partial charge in [-0.1, -0.05) is 6.07 Å². The highest BCUT2D eigenvalue weighted by atomic mass is 16.5. The number of carbonyl (C=O) groups excluding carboxylic acids is 1. The van der Waals surface area contributed by atoms with Gasteiger partial charge in [0.05, 0.1) is 7.11 Å². The van der Waals surface area contributed by atoms with E-state index in [1.165, 1.54) is 0 Å². The molecule has 0 unspecified atom stereocenters. The number of aryl methyl sites for hydroxylation is 1. The standard InChI is InChI=1S/C15H23N3O2/c1-12-3-4-13(11-14(12)20-2)15(19)18-9-7-17(6-5-16)8-10-18/h3-4,11H,5-10,16H2,1-2H3. The minimum absolute atomic E-state index is 0.0794. The van der Waals surface area contributed by atoms with Gasteiger partial charge in [-0.3, -0.25) is 9.69 Å². The molecule has 0 saturated carbocycles. The number of carbonyl (C=O) groups is 1. The maximum atomic E-state index is 12.5. The Bertz CT molecular complexity index is 468. The van der Waals surface area contributed by atoms with Gasteiger partial charge in [-0.05, 0) is 24.6 Å². The molecule has 1 aromatic rings. The first kappa shape index (κ1) is 14.8. The summed E-state index contributed by atoms with van der Waals surface area (Å²) in [6.07, 6.45) is 0. The number of methoxy groups -OCH3 is 1. The normalized spacial score (nSPS) is 16.2. The predicted molar refractivity (Wildman–Crippen MR) is 79.1 cm³/mol. The fourth-order valence-corrected chi connectivity index (χ4v) is 2.49.